The van der Waals surface area contributed by atoms with Gasteiger partial charge in [-0.3, -0.25) is 4.79 Å². The van der Waals surface area contributed by atoms with Crippen LogP contribution in [-0.4, -0.2) is 31.7 Å². The molecule has 8 nitrogen and oxygen atoms in total. The maximum atomic E-state index is 12.7. The van der Waals surface area contributed by atoms with Crippen LogP contribution in [0.15, 0.2) is 68.6 Å². The first-order valence-corrected chi connectivity index (χ1v) is 10.9. The third-order valence-electron chi connectivity index (χ3n) is 4.37. The summed E-state index contributed by atoms with van der Waals surface area (Å²) in [7, 11) is -4.07. The Balaban J connectivity index is 1.56. The summed E-state index contributed by atoms with van der Waals surface area (Å²) in [6.07, 6.45) is 2.92. The average molecular weight is 465 g/mol. The highest BCUT2D eigenvalue weighted by molar-refractivity contribution is 7.90. The van der Waals surface area contributed by atoms with E-state index in [-0.39, 0.29) is 28.0 Å². The van der Waals surface area contributed by atoms with Crippen LogP contribution >= 0.6 is 23.2 Å². The number of aromatic nitrogens is 1. The number of anilines is 1. The summed E-state index contributed by atoms with van der Waals surface area (Å²) in [5.41, 5.74) is 0.995. The van der Waals surface area contributed by atoms with Gasteiger partial charge in [0, 0.05) is 16.6 Å². The van der Waals surface area contributed by atoms with Crippen LogP contribution in [0.1, 0.15) is 17.4 Å². The second kappa shape index (κ2) is 8.10. The number of carbonyl (C=O) groups is 1. The molecule has 1 aliphatic rings. The number of oxazole rings is 1. The monoisotopic (exact) mass is 464 g/mol. The normalized spacial score (nSPS) is 15.5. The van der Waals surface area contributed by atoms with Crippen LogP contribution in [-0.2, 0) is 14.8 Å². The lowest BCUT2D eigenvalue weighted by molar-refractivity contribution is -0.114. The topological polar surface area (TPSA) is 114 Å². The van der Waals surface area contributed by atoms with Crippen molar-refractivity contribution in [2.75, 3.05) is 11.9 Å². The van der Waals surface area contributed by atoms with E-state index in [1.807, 2.05) is 6.07 Å². The number of nitrogens with zero attached hydrogens (tertiary/aromatic N) is 2. The minimum atomic E-state index is -4.07. The number of amidine groups is 1. The van der Waals surface area contributed by atoms with Crippen molar-refractivity contribution in [1.29, 1.82) is 0 Å². The molecule has 0 spiro atoms. The van der Waals surface area contributed by atoms with Crippen LogP contribution in [0.2, 0.25) is 10.0 Å². The molecule has 1 aliphatic heterocycles. The van der Waals surface area contributed by atoms with Crippen LogP contribution in [0.25, 0.3) is 0 Å². The maximum absolute atomic E-state index is 12.7. The molecule has 4 rings (SSSR count). The number of hydrogen-bond acceptors (Lipinski definition) is 6. The highest BCUT2D eigenvalue weighted by Crippen LogP contribution is 2.30. The van der Waals surface area contributed by atoms with Gasteiger partial charge in [-0.25, -0.2) is 4.98 Å². The average Bonchev–Trinajstić information content (AvgIpc) is 3.22. The smallest absolute Gasteiger partial charge is 0.287 e. The number of hydrogen-bond donors (Lipinski definition) is 2. The van der Waals surface area contributed by atoms with Crippen molar-refractivity contribution >= 4 is 50.7 Å². The van der Waals surface area contributed by atoms with E-state index in [4.69, 9.17) is 27.6 Å². The molecule has 0 bridgehead atoms. The Kier molecular flexibility index (Phi) is 5.50. The van der Waals surface area contributed by atoms with Gasteiger partial charge in [0.15, 0.2) is 0 Å². The molecular weight excluding hydrogens is 451 g/mol. The fourth-order valence-electron chi connectivity index (χ4n) is 2.99. The highest BCUT2D eigenvalue weighted by Gasteiger charge is 2.29. The number of fused-ring (bicyclic) bond motifs is 1. The van der Waals surface area contributed by atoms with E-state index >= 15 is 0 Å². The summed E-state index contributed by atoms with van der Waals surface area (Å²) in [5.74, 6) is -1.10. The number of sulfonamides is 1. The van der Waals surface area contributed by atoms with Crippen LogP contribution in [0.4, 0.5) is 5.69 Å². The van der Waals surface area contributed by atoms with E-state index < -0.39 is 21.8 Å². The summed E-state index contributed by atoms with van der Waals surface area (Å²) in [6.45, 7) is 0.0773. The molecule has 0 radical (unpaired) electrons. The van der Waals surface area contributed by atoms with Crippen molar-refractivity contribution in [3.8, 4) is 0 Å². The van der Waals surface area contributed by atoms with Crippen LogP contribution in [0, 0.1) is 0 Å². The van der Waals surface area contributed by atoms with Gasteiger partial charge in [0.25, 0.3) is 15.9 Å². The van der Waals surface area contributed by atoms with Crippen molar-refractivity contribution in [3.63, 3.8) is 0 Å². The van der Waals surface area contributed by atoms with Gasteiger partial charge in [-0.2, -0.15) is 8.42 Å². The molecule has 1 amide bonds. The summed E-state index contributed by atoms with van der Waals surface area (Å²) >= 11 is 11.9. The minimum Gasteiger partial charge on any atom is -0.448 e. The van der Waals surface area contributed by atoms with Gasteiger partial charge < -0.3 is 15.1 Å². The van der Waals surface area contributed by atoms with Gasteiger partial charge in [0.1, 0.15) is 11.2 Å². The molecule has 1 unspecified atom stereocenters. The number of nitrogens with one attached hydrogen (secondary N) is 2. The molecule has 0 aliphatic carbocycles. The maximum Gasteiger partial charge on any atom is 0.287 e. The first-order valence-electron chi connectivity index (χ1n) is 8.68. The first kappa shape index (κ1) is 20.4. The van der Waals surface area contributed by atoms with Gasteiger partial charge in [-0.15, -0.1) is 4.40 Å². The van der Waals surface area contributed by atoms with E-state index in [1.54, 1.807) is 18.2 Å². The lowest BCUT2D eigenvalue weighted by Crippen LogP contribution is -2.40. The Hall–Kier alpha value is -2.88. The summed E-state index contributed by atoms with van der Waals surface area (Å²) in [6, 6.07) is 11.3. The standard InChI is InChI=1S/C19H14Cl2N4O4S/c20-12-3-1-2-11(8-12)14(19-22-6-7-29-19)10-23-18(26)17-24-15-5-4-13(21)9-16(15)30(27,28)25-17/h1-9,14H,10H2,(H,23,26)(H,24,25). The zero-order chi connectivity index (χ0) is 21.3. The van der Waals surface area contributed by atoms with Crippen LogP contribution in [0.5, 0.6) is 0 Å². The number of halogens is 2. The van der Waals surface area contributed by atoms with Gasteiger partial charge in [-0.1, -0.05) is 35.3 Å². The van der Waals surface area contributed by atoms with Crippen molar-refractivity contribution in [1.82, 2.24) is 10.3 Å². The fraction of sp³-hybridized carbons (Fsp3) is 0.105. The van der Waals surface area contributed by atoms with Crippen LogP contribution in [0.3, 0.4) is 0 Å². The van der Waals surface area contributed by atoms with Crippen molar-refractivity contribution in [3.05, 3.63) is 76.4 Å². The largest absolute Gasteiger partial charge is 0.448 e. The second-order valence-electron chi connectivity index (χ2n) is 6.37. The lowest BCUT2D eigenvalue weighted by atomic mass is 9.99. The highest BCUT2D eigenvalue weighted by atomic mass is 35.5. The Morgan fingerprint density at radius 3 is 2.70 bits per heavy atom. The number of amides is 1. The molecule has 1 aromatic heterocycles. The van der Waals surface area contributed by atoms with Gasteiger partial charge in [0.05, 0.1) is 17.8 Å². The zero-order valence-electron chi connectivity index (χ0n) is 15.2. The Labute approximate surface area is 182 Å². The Morgan fingerprint density at radius 1 is 1.17 bits per heavy atom. The van der Waals surface area contributed by atoms with E-state index in [9.17, 15) is 13.2 Å². The molecule has 3 aromatic rings. The molecular formula is C19H14Cl2N4O4S. The predicted octanol–water partition coefficient (Wildman–Crippen LogP) is 3.44. The third-order valence-corrected chi connectivity index (χ3v) is 6.16. The lowest BCUT2D eigenvalue weighted by Gasteiger charge is -2.19. The SMILES string of the molecule is O=C(NCC(c1cccc(Cl)c1)c1ncco1)C1=NS(=O)(=O)c2cc(Cl)ccc2N1. The number of carbonyl (C=O) groups excluding carboxylic acids is 1. The number of benzene rings is 2. The van der Waals surface area contributed by atoms with Crippen molar-refractivity contribution in [2.45, 2.75) is 10.8 Å². The molecule has 154 valence electrons. The first-order chi connectivity index (χ1) is 14.3. The molecule has 2 heterocycles. The fourth-order valence-corrected chi connectivity index (χ4v) is 4.56. The predicted molar refractivity (Wildman–Crippen MR) is 113 cm³/mol. The molecule has 11 heteroatoms. The molecule has 0 saturated heterocycles. The molecule has 2 N–H and O–H groups in total. The Morgan fingerprint density at radius 2 is 1.97 bits per heavy atom. The molecule has 1 atom stereocenters. The van der Waals surface area contributed by atoms with Crippen molar-refractivity contribution < 1.29 is 17.6 Å². The minimum absolute atomic E-state index is 0.0773. The van der Waals surface area contributed by atoms with E-state index in [0.29, 0.717) is 10.9 Å². The van der Waals surface area contributed by atoms with Crippen molar-refractivity contribution in [2.24, 2.45) is 4.40 Å². The third kappa shape index (κ3) is 4.18. The van der Waals surface area contributed by atoms with Crippen LogP contribution < -0.4 is 10.6 Å². The molecule has 2 aromatic carbocycles. The second-order valence-corrected chi connectivity index (χ2v) is 8.81. The molecule has 30 heavy (non-hydrogen) atoms. The number of rotatable bonds is 5. The summed E-state index contributed by atoms with van der Waals surface area (Å²) < 4.78 is 33.8. The van der Waals surface area contributed by atoms with E-state index in [0.717, 1.165) is 5.56 Å². The van der Waals surface area contributed by atoms with Gasteiger partial charge in [-0.05, 0) is 35.9 Å². The Bertz CT molecular complexity index is 1240. The zero-order valence-corrected chi connectivity index (χ0v) is 17.5. The summed E-state index contributed by atoms with van der Waals surface area (Å²) in [4.78, 5) is 16.7. The summed E-state index contributed by atoms with van der Waals surface area (Å²) in [5, 5.41) is 6.17. The van der Waals surface area contributed by atoms with Gasteiger partial charge >= 0.3 is 0 Å². The van der Waals surface area contributed by atoms with Gasteiger partial charge in [0.2, 0.25) is 11.7 Å². The molecule has 0 fully saturated rings. The molecule has 0 saturated carbocycles. The van der Waals surface area contributed by atoms with E-state index in [1.165, 1.54) is 30.7 Å². The van der Waals surface area contributed by atoms with E-state index in [2.05, 4.69) is 20.0 Å². The quantitative estimate of drug-likeness (QED) is 0.597.